The van der Waals surface area contributed by atoms with Gasteiger partial charge in [0.05, 0.1) is 17.8 Å². The van der Waals surface area contributed by atoms with Crippen LogP contribution in [0.15, 0.2) is 0 Å². The summed E-state index contributed by atoms with van der Waals surface area (Å²) >= 11 is 6.90. The predicted molar refractivity (Wildman–Crippen MR) is 66.8 cm³/mol. The third kappa shape index (κ3) is 4.02. The Kier molecular flexibility index (Phi) is 5.70. The molecule has 0 bridgehead atoms. The molecule has 1 aliphatic rings. The number of alkyl halides is 12. The molecule has 0 unspecified atom stereocenters. The Labute approximate surface area is 138 Å². The lowest BCUT2D eigenvalue weighted by Gasteiger charge is -2.47. The highest BCUT2D eigenvalue weighted by molar-refractivity contribution is 9.10. The molecule has 0 heterocycles. The summed E-state index contributed by atoms with van der Waals surface area (Å²) in [6.45, 7) is 0. The molecule has 0 amide bonds. The van der Waals surface area contributed by atoms with E-state index in [-0.39, 0.29) is 0 Å². The summed E-state index contributed by atoms with van der Waals surface area (Å²) in [7, 11) is 0. The molecule has 1 rings (SSSR count). The van der Waals surface area contributed by atoms with Crippen LogP contribution in [0.2, 0.25) is 0 Å². The van der Waals surface area contributed by atoms with Crippen molar-refractivity contribution in [3.8, 4) is 0 Å². The number of halogens is 12. The zero-order valence-electron chi connectivity index (χ0n) is 9.50. The molecule has 0 saturated heterocycles. The minimum atomic E-state index is -5.22. The minimum Gasteiger partial charge on any atom is -0.171 e. The number of rotatable bonds is 0. The van der Waals surface area contributed by atoms with E-state index in [1.807, 2.05) is 0 Å². The van der Waals surface area contributed by atoms with Crippen molar-refractivity contribution < 1.29 is 39.5 Å². The first-order valence-electron chi connectivity index (χ1n) is 5.22. The Bertz CT molecular complexity index is 305. The van der Waals surface area contributed by atoms with Crippen molar-refractivity contribution >= 4 is 47.8 Å². The van der Waals surface area contributed by atoms with Gasteiger partial charge in [0.2, 0.25) is 0 Å². The van der Waals surface area contributed by atoms with Crippen LogP contribution < -0.4 is 0 Å². The molecule has 126 valence electrons. The van der Waals surface area contributed by atoms with Gasteiger partial charge in [-0.15, -0.1) is 0 Å². The molecule has 0 N–H and O–H groups in total. The summed E-state index contributed by atoms with van der Waals surface area (Å²) in [6.07, 6.45) is -15.7. The first-order valence-corrected chi connectivity index (χ1v) is 7.97. The number of hydrogen-bond donors (Lipinski definition) is 0. The standard InChI is InChI=1S/C9H6Br3F9/c10-4-1(7(13,14)15)5(11)3(9(19,20)21)6(12)2(4)8(16,17)18/h1-6H. The first kappa shape index (κ1) is 19.9. The van der Waals surface area contributed by atoms with Crippen molar-refractivity contribution in [3.63, 3.8) is 0 Å². The Morgan fingerprint density at radius 3 is 0.667 bits per heavy atom. The predicted octanol–water partition coefficient (Wildman–Crippen LogP) is 5.83. The van der Waals surface area contributed by atoms with Gasteiger partial charge in [0.15, 0.2) is 0 Å². The normalized spacial score (nSPS) is 39.4. The molecule has 0 aromatic heterocycles. The first-order chi connectivity index (χ1) is 9.10. The van der Waals surface area contributed by atoms with E-state index in [9.17, 15) is 39.5 Å². The van der Waals surface area contributed by atoms with Crippen LogP contribution in [0.4, 0.5) is 39.5 Å². The summed E-state index contributed by atoms with van der Waals surface area (Å²) in [6, 6.07) is 0. The molecule has 0 aromatic rings. The zero-order valence-corrected chi connectivity index (χ0v) is 14.3. The molecule has 0 spiro atoms. The molecule has 12 heteroatoms. The van der Waals surface area contributed by atoms with Gasteiger partial charge in [-0.25, -0.2) is 0 Å². The smallest absolute Gasteiger partial charge is 0.171 e. The average molecular weight is 525 g/mol. The SMILES string of the molecule is FC(F)(F)C1C(Br)C(C(F)(F)F)C(Br)C(C(F)(F)F)C1Br. The molecular formula is C9H6Br3F9. The van der Waals surface area contributed by atoms with Gasteiger partial charge in [-0.2, -0.15) is 39.5 Å². The molecule has 0 nitrogen and oxygen atoms in total. The fourth-order valence-corrected chi connectivity index (χ4v) is 7.28. The molecular weight excluding hydrogens is 519 g/mol. The Balaban J connectivity index is 3.38. The molecule has 1 saturated carbocycles. The highest BCUT2D eigenvalue weighted by atomic mass is 79.9. The molecule has 0 radical (unpaired) electrons. The van der Waals surface area contributed by atoms with Crippen LogP contribution >= 0.6 is 47.8 Å². The average Bonchev–Trinajstić information content (AvgIpc) is 2.07. The van der Waals surface area contributed by atoms with Crippen LogP contribution in [-0.2, 0) is 0 Å². The maximum absolute atomic E-state index is 12.9. The highest BCUT2D eigenvalue weighted by Crippen LogP contribution is 2.58. The molecule has 1 aliphatic carbocycles. The van der Waals surface area contributed by atoms with Crippen molar-refractivity contribution in [1.29, 1.82) is 0 Å². The van der Waals surface area contributed by atoms with Gasteiger partial charge < -0.3 is 0 Å². The van der Waals surface area contributed by atoms with E-state index in [4.69, 9.17) is 0 Å². The molecule has 1 fully saturated rings. The van der Waals surface area contributed by atoms with Gasteiger partial charge >= 0.3 is 18.5 Å². The molecule has 0 aliphatic heterocycles. The zero-order chi connectivity index (χ0) is 17.0. The maximum Gasteiger partial charge on any atom is 0.393 e. The van der Waals surface area contributed by atoms with Crippen LogP contribution in [0.3, 0.4) is 0 Å². The monoisotopic (exact) mass is 522 g/mol. The summed E-state index contributed by atoms with van der Waals surface area (Å²) in [5.41, 5.74) is 0. The van der Waals surface area contributed by atoms with Crippen LogP contribution in [0.1, 0.15) is 0 Å². The Hall–Kier alpha value is 0.810. The largest absolute Gasteiger partial charge is 0.393 e. The van der Waals surface area contributed by atoms with E-state index in [1.54, 1.807) is 0 Å². The van der Waals surface area contributed by atoms with Crippen molar-refractivity contribution in [3.05, 3.63) is 0 Å². The van der Waals surface area contributed by atoms with Crippen LogP contribution in [0.5, 0.6) is 0 Å². The van der Waals surface area contributed by atoms with E-state index < -0.39 is 50.8 Å². The third-order valence-electron chi connectivity index (χ3n) is 3.19. The van der Waals surface area contributed by atoms with Gasteiger partial charge in [-0.1, -0.05) is 47.8 Å². The Morgan fingerprint density at radius 1 is 0.429 bits per heavy atom. The van der Waals surface area contributed by atoms with Crippen LogP contribution in [-0.4, -0.2) is 33.0 Å². The molecule has 0 aromatic carbocycles. The van der Waals surface area contributed by atoms with Gasteiger partial charge in [0.25, 0.3) is 0 Å². The van der Waals surface area contributed by atoms with E-state index in [0.717, 1.165) is 0 Å². The summed E-state index contributed by atoms with van der Waals surface area (Å²) in [5, 5.41) is 0. The quantitative estimate of drug-likeness (QED) is 0.276. The second-order valence-corrected chi connectivity index (χ2v) is 7.71. The minimum absolute atomic E-state index is 2.23. The fraction of sp³-hybridized carbons (Fsp3) is 1.00. The third-order valence-corrected chi connectivity index (χ3v) is 6.61. The summed E-state index contributed by atoms with van der Waals surface area (Å²) in [4.78, 5) is -6.69. The summed E-state index contributed by atoms with van der Waals surface area (Å²) < 4.78 is 116. The lowest BCUT2D eigenvalue weighted by molar-refractivity contribution is -0.248. The van der Waals surface area contributed by atoms with Gasteiger partial charge in [-0.05, 0) is 0 Å². The molecule has 21 heavy (non-hydrogen) atoms. The van der Waals surface area contributed by atoms with E-state index in [1.165, 1.54) is 0 Å². The number of hydrogen-bond acceptors (Lipinski definition) is 0. The second kappa shape index (κ2) is 6.03. The highest BCUT2D eigenvalue weighted by Gasteiger charge is 2.68. The Morgan fingerprint density at radius 2 is 0.571 bits per heavy atom. The van der Waals surface area contributed by atoms with Crippen LogP contribution in [0, 0.1) is 17.8 Å². The van der Waals surface area contributed by atoms with E-state index in [2.05, 4.69) is 47.8 Å². The van der Waals surface area contributed by atoms with E-state index >= 15 is 0 Å². The van der Waals surface area contributed by atoms with Gasteiger partial charge in [0, 0.05) is 14.5 Å². The van der Waals surface area contributed by atoms with Crippen molar-refractivity contribution in [2.45, 2.75) is 33.0 Å². The summed E-state index contributed by atoms with van der Waals surface area (Å²) in [5.74, 6) is -8.49. The van der Waals surface area contributed by atoms with Crippen molar-refractivity contribution in [1.82, 2.24) is 0 Å². The lowest BCUT2D eigenvalue weighted by Crippen LogP contribution is -2.60. The molecule has 0 atom stereocenters. The fourth-order valence-electron chi connectivity index (χ4n) is 2.28. The maximum atomic E-state index is 12.9. The van der Waals surface area contributed by atoms with Crippen molar-refractivity contribution in [2.75, 3.05) is 0 Å². The second-order valence-electron chi connectivity index (χ2n) is 4.54. The van der Waals surface area contributed by atoms with Gasteiger partial charge in [-0.3, -0.25) is 0 Å². The van der Waals surface area contributed by atoms with Crippen LogP contribution in [0.25, 0.3) is 0 Å². The van der Waals surface area contributed by atoms with Crippen molar-refractivity contribution in [2.24, 2.45) is 17.8 Å². The lowest BCUT2D eigenvalue weighted by atomic mass is 9.73. The topological polar surface area (TPSA) is 0 Å². The van der Waals surface area contributed by atoms with E-state index in [0.29, 0.717) is 0 Å². The van der Waals surface area contributed by atoms with Gasteiger partial charge in [0.1, 0.15) is 0 Å².